The molecule has 126 valence electrons. The second-order valence-electron chi connectivity index (χ2n) is 6.36. The maximum absolute atomic E-state index is 12.4. The lowest BCUT2D eigenvalue weighted by Crippen LogP contribution is -2.49. The van der Waals surface area contributed by atoms with Gasteiger partial charge in [-0.3, -0.25) is 13.9 Å². The van der Waals surface area contributed by atoms with Crippen LogP contribution in [-0.2, 0) is 19.7 Å². The van der Waals surface area contributed by atoms with Crippen LogP contribution in [0.25, 0.3) is 0 Å². The second-order valence-corrected chi connectivity index (χ2v) is 6.36. The molecule has 0 fully saturated rings. The summed E-state index contributed by atoms with van der Waals surface area (Å²) in [5.41, 5.74) is -0.257. The molecular formula is C17H18N2O5. The Morgan fingerprint density at radius 2 is 2.00 bits per heavy atom. The van der Waals surface area contributed by atoms with E-state index in [2.05, 4.69) is 0 Å². The maximum atomic E-state index is 12.4. The minimum atomic E-state index is -0.844. The number of hydrogen-bond acceptors (Lipinski definition) is 5. The minimum Gasteiger partial charge on any atom is -0.497 e. The maximum Gasteiger partial charge on any atom is 0.331 e. The summed E-state index contributed by atoms with van der Waals surface area (Å²) in [5.74, 6) is 1.49. The van der Waals surface area contributed by atoms with Gasteiger partial charge in [0, 0.05) is 19.7 Å². The van der Waals surface area contributed by atoms with E-state index in [1.54, 1.807) is 14.2 Å². The summed E-state index contributed by atoms with van der Waals surface area (Å²) < 4.78 is 19.8. The molecule has 0 spiro atoms. The van der Waals surface area contributed by atoms with Crippen molar-refractivity contribution in [2.75, 3.05) is 13.7 Å². The van der Waals surface area contributed by atoms with Gasteiger partial charge >= 0.3 is 5.69 Å². The lowest BCUT2D eigenvalue weighted by atomic mass is 9.81. The molecule has 7 nitrogen and oxygen atoms in total. The molecule has 0 bridgehead atoms. The first kappa shape index (κ1) is 14.9. The van der Waals surface area contributed by atoms with Gasteiger partial charge in [-0.15, -0.1) is 0 Å². The number of methoxy groups -OCH3 is 1. The van der Waals surface area contributed by atoms with Crippen LogP contribution >= 0.6 is 0 Å². The Labute approximate surface area is 138 Å². The van der Waals surface area contributed by atoms with Gasteiger partial charge in [0.05, 0.1) is 19.6 Å². The van der Waals surface area contributed by atoms with Crippen LogP contribution in [0.2, 0.25) is 0 Å². The van der Waals surface area contributed by atoms with Gasteiger partial charge in [0.25, 0.3) is 5.56 Å². The first-order valence-electron chi connectivity index (χ1n) is 7.68. The van der Waals surface area contributed by atoms with Gasteiger partial charge in [-0.2, -0.15) is 0 Å². The first-order chi connectivity index (χ1) is 11.4. The summed E-state index contributed by atoms with van der Waals surface area (Å²) in [7, 11) is 4.68. The number of ether oxygens (including phenoxy) is 3. The number of hydrogen-bond donors (Lipinski definition) is 0. The Balaban J connectivity index is 1.98. The van der Waals surface area contributed by atoms with E-state index < -0.39 is 16.9 Å². The third-order valence-corrected chi connectivity index (χ3v) is 5.07. The third kappa shape index (κ3) is 1.67. The zero-order chi connectivity index (χ0) is 17.2. The van der Waals surface area contributed by atoms with Gasteiger partial charge in [0.15, 0.2) is 5.60 Å². The van der Waals surface area contributed by atoms with Crippen LogP contribution in [0.1, 0.15) is 24.1 Å². The highest BCUT2D eigenvalue weighted by atomic mass is 16.5. The van der Waals surface area contributed by atoms with Crippen molar-refractivity contribution < 1.29 is 14.2 Å². The molecule has 3 heterocycles. The van der Waals surface area contributed by atoms with Crippen LogP contribution in [0.3, 0.4) is 0 Å². The largest absolute Gasteiger partial charge is 0.497 e. The van der Waals surface area contributed by atoms with Gasteiger partial charge < -0.3 is 14.2 Å². The third-order valence-electron chi connectivity index (χ3n) is 5.07. The lowest BCUT2D eigenvalue weighted by molar-refractivity contribution is 0.0321. The molecule has 1 aromatic carbocycles. The number of aromatic nitrogens is 2. The Bertz CT molecular complexity index is 974. The van der Waals surface area contributed by atoms with Gasteiger partial charge in [-0.05, 0) is 25.1 Å². The fourth-order valence-electron chi connectivity index (χ4n) is 3.75. The summed E-state index contributed by atoms with van der Waals surface area (Å²) in [6.45, 7) is 2.20. The normalized spacial score (nSPS) is 23.6. The molecule has 24 heavy (non-hydrogen) atoms. The van der Waals surface area contributed by atoms with Crippen LogP contribution in [0, 0.1) is 0 Å². The fraction of sp³-hybridized carbons (Fsp3) is 0.412. The lowest BCUT2D eigenvalue weighted by Gasteiger charge is -2.37. The number of benzene rings is 1. The quantitative estimate of drug-likeness (QED) is 0.776. The molecule has 4 rings (SSSR count). The van der Waals surface area contributed by atoms with E-state index in [1.165, 1.54) is 11.6 Å². The van der Waals surface area contributed by atoms with Crippen molar-refractivity contribution in [2.24, 2.45) is 14.1 Å². The first-order valence-corrected chi connectivity index (χ1v) is 7.68. The highest BCUT2D eigenvalue weighted by Gasteiger charge is 2.53. The van der Waals surface area contributed by atoms with Crippen molar-refractivity contribution in [3.05, 3.63) is 50.3 Å². The molecule has 0 aliphatic carbocycles. The zero-order valence-electron chi connectivity index (χ0n) is 14.0. The van der Waals surface area contributed by atoms with Gasteiger partial charge in [-0.25, -0.2) is 4.79 Å². The van der Waals surface area contributed by atoms with E-state index in [4.69, 9.17) is 14.2 Å². The molecule has 2 aromatic rings. The zero-order valence-corrected chi connectivity index (χ0v) is 14.0. The molecule has 1 aromatic heterocycles. The van der Waals surface area contributed by atoms with Crippen molar-refractivity contribution in [1.29, 1.82) is 0 Å². The van der Waals surface area contributed by atoms with Crippen molar-refractivity contribution in [1.82, 2.24) is 9.13 Å². The highest BCUT2D eigenvalue weighted by molar-refractivity contribution is 5.52. The van der Waals surface area contributed by atoms with Gasteiger partial charge in [0.2, 0.25) is 5.75 Å². The molecule has 2 atom stereocenters. The van der Waals surface area contributed by atoms with Crippen LogP contribution < -0.4 is 25.5 Å². The molecule has 0 amide bonds. The van der Waals surface area contributed by atoms with Crippen molar-refractivity contribution in [2.45, 2.75) is 18.4 Å². The Kier molecular flexibility index (Phi) is 2.88. The number of fused-ring (bicyclic) bond motifs is 5. The minimum absolute atomic E-state index is 0.132. The van der Waals surface area contributed by atoms with E-state index in [0.29, 0.717) is 18.1 Å². The Morgan fingerprint density at radius 3 is 2.71 bits per heavy atom. The molecule has 0 radical (unpaired) electrons. The van der Waals surface area contributed by atoms with E-state index in [0.717, 1.165) is 15.9 Å². The number of nitrogens with zero attached hydrogens (tertiary/aromatic N) is 2. The molecule has 0 saturated heterocycles. The average Bonchev–Trinajstić information content (AvgIpc) is 2.88. The van der Waals surface area contributed by atoms with Gasteiger partial charge in [0.1, 0.15) is 17.2 Å². The Hall–Kier alpha value is -2.70. The average molecular weight is 330 g/mol. The number of rotatable bonds is 1. The molecule has 0 saturated carbocycles. The van der Waals surface area contributed by atoms with E-state index in [-0.39, 0.29) is 11.7 Å². The SMILES string of the molecule is COc1ccc2c(c1)[C@@H]1COc3c(n(C)c(=O)n(C)c3=O)[C@]1(C)O2. The Morgan fingerprint density at radius 1 is 1.25 bits per heavy atom. The summed E-state index contributed by atoms with van der Waals surface area (Å²) >= 11 is 0. The molecule has 2 aliphatic heterocycles. The smallest absolute Gasteiger partial charge is 0.331 e. The standard InChI is InChI=1S/C17H18N2O5/c1-17-11(10-7-9(22-4)5-6-12(10)24-17)8-23-13-14(17)18(2)16(21)19(3)15(13)20/h5-7,11H,8H2,1-4H3/t11-,17+/m0/s1. The van der Waals surface area contributed by atoms with Crippen LogP contribution in [0.15, 0.2) is 27.8 Å². The topological polar surface area (TPSA) is 71.7 Å². The van der Waals surface area contributed by atoms with E-state index in [1.807, 2.05) is 25.1 Å². The van der Waals surface area contributed by atoms with Crippen LogP contribution in [0.5, 0.6) is 17.2 Å². The van der Waals surface area contributed by atoms with Crippen LogP contribution in [-0.4, -0.2) is 22.9 Å². The molecule has 0 unspecified atom stereocenters. The van der Waals surface area contributed by atoms with Crippen molar-refractivity contribution in [3.63, 3.8) is 0 Å². The fourth-order valence-corrected chi connectivity index (χ4v) is 3.75. The highest BCUT2D eigenvalue weighted by Crippen LogP contribution is 2.54. The predicted molar refractivity (Wildman–Crippen MR) is 86.1 cm³/mol. The molecule has 0 N–H and O–H groups in total. The van der Waals surface area contributed by atoms with E-state index >= 15 is 0 Å². The second kappa shape index (κ2) is 4.66. The van der Waals surface area contributed by atoms with Gasteiger partial charge in [-0.1, -0.05) is 0 Å². The monoisotopic (exact) mass is 330 g/mol. The predicted octanol–water partition coefficient (Wildman–Crippen LogP) is 0.876. The summed E-state index contributed by atoms with van der Waals surface area (Å²) in [6.07, 6.45) is 0. The summed E-state index contributed by atoms with van der Waals surface area (Å²) in [4.78, 5) is 24.8. The van der Waals surface area contributed by atoms with Crippen molar-refractivity contribution >= 4 is 0 Å². The molecule has 2 aliphatic rings. The van der Waals surface area contributed by atoms with Crippen molar-refractivity contribution in [3.8, 4) is 17.2 Å². The molecular weight excluding hydrogens is 312 g/mol. The summed E-state index contributed by atoms with van der Waals surface area (Å²) in [6, 6.07) is 5.58. The van der Waals surface area contributed by atoms with Crippen LogP contribution in [0.4, 0.5) is 0 Å². The summed E-state index contributed by atoms with van der Waals surface area (Å²) in [5, 5.41) is 0. The molecule has 7 heteroatoms. The van der Waals surface area contributed by atoms with E-state index in [9.17, 15) is 9.59 Å².